The van der Waals surface area contributed by atoms with E-state index in [4.69, 9.17) is 4.42 Å². The normalized spacial score (nSPS) is 14.9. The maximum atomic E-state index is 5.75. The topological polar surface area (TPSA) is 38.1 Å². The van der Waals surface area contributed by atoms with Crippen molar-refractivity contribution in [2.45, 2.75) is 38.8 Å². The van der Waals surface area contributed by atoms with E-state index in [2.05, 4.69) is 41.5 Å². The fourth-order valence-corrected chi connectivity index (χ4v) is 1.95. The predicted molar refractivity (Wildman–Crippen MR) is 71.2 cm³/mol. The van der Waals surface area contributed by atoms with Crippen molar-refractivity contribution in [1.82, 2.24) is 10.3 Å². The van der Waals surface area contributed by atoms with Crippen LogP contribution in [0.25, 0.3) is 11.3 Å². The number of rotatable bonds is 5. The Morgan fingerprint density at radius 1 is 1.28 bits per heavy atom. The van der Waals surface area contributed by atoms with Gasteiger partial charge < -0.3 is 9.73 Å². The second-order valence-electron chi connectivity index (χ2n) is 4.82. The Morgan fingerprint density at radius 3 is 2.72 bits per heavy atom. The van der Waals surface area contributed by atoms with Gasteiger partial charge in [0.1, 0.15) is 0 Å². The van der Waals surface area contributed by atoms with Gasteiger partial charge in [-0.05, 0) is 24.8 Å². The van der Waals surface area contributed by atoms with Crippen LogP contribution in [0.2, 0.25) is 0 Å². The quantitative estimate of drug-likeness (QED) is 0.875. The van der Waals surface area contributed by atoms with Gasteiger partial charge in [-0.2, -0.15) is 0 Å². The standard InChI is InChI=1S/C15H18N2O/c1-2-11-3-5-12(6-4-11)14-9-17-15(18-14)10-16-13-7-8-13/h3-6,9,13,16H,2,7-8,10H2,1H3. The number of nitrogens with one attached hydrogen (secondary N) is 1. The largest absolute Gasteiger partial charge is 0.439 e. The summed E-state index contributed by atoms with van der Waals surface area (Å²) in [6, 6.07) is 9.15. The van der Waals surface area contributed by atoms with Crippen molar-refractivity contribution >= 4 is 0 Å². The summed E-state index contributed by atoms with van der Waals surface area (Å²) < 4.78 is 5.75. The number of hydrogen-bond donors (Lipinski definition) is 1. The zero-order valence-corrected chi connectivity index (χ0v) is 10.6. The summed E-state index contributed by atoms with van der Waals surface area (Å²) in [5, 5.41) is 3.40. The first-order valence-corrected chi connectivity index (χ1v) is 6.62. The van der Waals surface area contributed by atoms with Crippen LogP contribution < -0.4 is 5.32 Å². The van der Waals surface area contributed by atoms with Crippen LogP contribution in [0.15, 0.2) is 34.9 Å². The Balaban J connectivity index is 1.70. The van der Waals surface area contributed by atoms with Crippen LogP contribution in [0.1, 0.15) is 31.2 Å². The summed E-state index contributed by atoms with van der Waals surface area (Å²) >= 11 is 0. The van der Waals surface area contributed by atoms with Crippen molar-refractivity contribution < 1.29 is 4.42 Å². The lowest BCUT2D eigenvalue weighted by Gasteiger charge is -1.99. The molecule has 0 aliphatic heterocycles. The van der Waals surface area contributed by atoms with Crippen LogP contribution in [0.3, 0.4) is 0 Å². The van der Waals surface area contributed by atoms with Gasteiger partial charge in [-0.1, -0.05) is 31.2 Å². The summed E-state index contributed by atoms with van der Waals surface area (Å²) in [6.07, 6.45) is 5.44. The number of hydrogen-bond acceptors (Lipinski definition) is 3. The molecule has 0 amide bonds. The SMILES string of the molecule is CCc1ccc(-c2cnc(CNC3CC3)o2)cc1. The van der Waals surface area contributed by atoms with E-state index >= 15 is 0 Å². The molecule has 0 radical (unpaired) electrons. The Hall–Kier alpha value is -1.61. The van der Waals surface area contributed by atoms with E-state index in [1.807, 2.05) is 6.20 Å². The molecule has 0 atom stereocenters. The molecular weight excluding hydrogens is 224 g/mol. The number of aryl methyl sites for hydroxylation is 1. The molecule has 94 valence electrons. The van der Waals surface area contributed by atoms with Crippen molar-refractivity contribution in [3.63, 3.8) is 0 Å². The van der Waals surface area contributed by atoms with Crippen molar-refractivity contribution in [2.24, 2.45) is 0 Å². The number of benzene rings is 1. The van der Waals surface area contributed by atoms with Crippen LogP contribution in [-0.2, 0) is 13.0 Å². The highest BCUT2D eigenvalue weighted by molar-refractivity contribution is 5.56. The smallest absolute Gasteiger partial charge is 0.208 e. The maximum Gasteiger partial charge on any atom is 0.208 e. The van der Waals surface area contributed by atoms with Crippen LogP contribution in [-0.4, -0.2) is 11.0 Å². The second kappa shape index (κ2) is 4.94. The monoisotopic (exact) mass is 242 g/mol. The zero-order valence-electron chi connectivity index (χ0n) is 10.6. The lowest BCUT2D eigenvalue weighted by molar-refractivity contribution is 0.476. The molecule has 1 saturated carbocycles. The first kappa shape index (κ1) is 11.5. The first-order chi connectivity index (χ1) is 8.85. The van der Waals surface area contributed by atoms with Crippen LogP contribution in [0.4, 0.5) is 0 Å². The van der Waals surface area contributed by atoms with Crippen molar-refractivity contribution in [1.29, 1.82) is 0 Å². The molecule has 1 N–H and O–H groups in total. The summed E-state index contributed by atoms with van der Waals surface area (Å²) in [7, 11) is 0. The molecule has 3 heteroatoms. The van der Waals surface area contributed by atoms with Crippen LogP contribution in [0, 0.1) is 0 Å². The lowest BCUT2D eigenvalue weighted by atomic mass is 10.1. The average Bonchev–Trinajstić information content (AvgIpc) is 3.14. The molecule has 1 aliphatic carbocycles. The highest BCUT2D eigenvalue weighted by atomic mass is 16.4. The zero-order chi connectivity index (χ0) is 12.4. The van der Waals surface area contributed by atoms with Crippen molar-refractivity contribution in [3.8, 4) is 11.3 Å². The minimum Gasteiger partial charge on any atom is -0.439 e. The summed E-state index contributed by atoms with van der Waals surface area (Å²) in [5.74, 6) is 1.63. The molecule has 1 aliphatic rings. The Morgan fingerprint density at radius 2 is 2.06 bits per heavy atom. The number of nitrogens with zero attached hydrogens (tertiary/aromatic N) is 1. The third kappa shape index (κ3) is 2.62. The molecule has 1 heterocycles. The molecule has 1 aromatic carbocycles. The van der Waals surface area contributed by atoms with Crippen molar-refractivity contribution in [3.05, 3.63) is 41.9 Å². The van der Waals surface area contributed by atoms with Gasteiger partial charge in [-0.3, -0.25) is 0 Å². The first-order valence-electron chi connectivity index (χ1n) is 6.62. The maximum absolute atomic E-state index is 5.75. The summed E-state index contributed by atoms with van der Waals surface area (Å²) in [4.78, 5) is 4.31. The fraction of sp³-hybridized carbons (Fsp3) is 0.400. The Kier molecular flexibility index (Phi) is 3.15. The molecule has 0 bridgehead atoms. The average molecular weight is 242 g/mol. The van der Waals surface area contributed by atoms with Gasteiger partial charge in [0.25, 0.3) is 0 Å². The van der Waals surface area contributed by atoms with Gasteiger partial charge in [0, 0.05) is 11.6 Å². The van der Waals surface area contributed by atoms with Gasteiger partial charge in [-0.15, -0.1) is 0 Å². The van der Waals surface area contributed by atoms with Gasteiger partial charge in [0.05, 0.1) is 12.7 Å². The van der Waals surface area contributed by atoms with E-state index in [9.17, 15) is 0 Å². The molecule has 1 fully saturated rings. The molecular formula is C15H18N2O. The molecule has 2 aromatic rings. The molecule has 1 aromatic heterocycles. The predicted octanol–water partition coefficient (Wildman–Crippen LogP) is 3.16. The van der Waals surface area contributed by atoms with Crippen LogP contribution in [0.5, 0.6) is 0 Å². The van der Waals surface area contributed by atoms with Crippen LogP contribution >= 0.6 is 0 Å². The van der Waals surface area contributed by atoms with Gasteiger partial charge in [-0.25, -0.2) is 4.98 Å². The van der Waals surface area contributed by atoms with E-state index < -0.39 is 0 Å². The van der Waals surface area contributed by atoms with E-state index in [0.29, 0.717) is 6.04 Å². The van der Waals surface area contributed by atoms with Crippen molar-refractivity contribution in [2.75, 3.05) is 0 Å². The Labute approximate surface area is 107 Å². The number of oxazole rings is 1. The third-order valence-electron chi connectivity index (χ3n) is 3.32. The summed E-state index contributed by atoms with van der Waals surface area (Å²) in [6.45, 7) is 2.89. The molecule has 3 nitrogen and oxygen atoms in total. The van der Waals surface area contributed by atoms with Gasteiger partial charge in [0.2, 0.25) is 5.89 Å². The molecule has 0 unspecified atom stereocenters. The lowest BCUT2D eigenvalue weighted by Crippen LogP contribution is -2.15. The molecule has 3 rings (SSSR count). The Bertz CT molecular complexity index is 512. The summed E-state index contributed by atoms with van der Waals surface area (Å²) in [5.41, 5.74) is 2.44. The van der Waals surface area contributed by atoms with E-state index in [0.717, 1.165) is 30.2 Å². The van der Waals surface area contributed by atoms with Gasteiger partial charge >= 0.3 is 0 Å². The molecule has 18 heavy (non-hydrogen) atoms. The van der Waals surface area contributed by atoms with E-state index in [-0.39, 0.29) is 0 Å². The minimum absolute atomic E-state index is 0.684. The highest BCUT2D eigenvalue weighted by Gasteiger charge is 2.20. The van der Waals surface area contributed by atoms with Gasteiger partial charge in [0.15, 0.2) is 5.76 Å². The molecule has 0 saturated heterocycles. The van der Waals surface area contributed by atoms with E-state index in [1.54, 1.807) is 0 Å². The fourth-order valence-electron chi connectivity index (χ4n) is 1.95. The number of aromatic nitrogens is 1. The third-order valence-corrected chi connectivity index (χ3v) is 3.32. The second-order valence-corrected chi connectivity index (χ2v) is 4.82. The van der Waals surface area contributed by atoms with E-state index in [1.165, 1.54) is 18.4 Å². The highest BCUT2D eigenvalue weighted by Crippen LogP contribution is 2.22. The minimum atomic E-state index is 0.684. The molecule has 0 spiro atoms.